The molecular formula is C18H17F3N4O. The van der Waals surface area contributed by atoms with Crippen molar-refractivity contribution in [3.63, 3.8) is 0 Å². The Morgan fingerprint density at radius 2 is 2.04 bits per heavy atom. The molecule has 1 heterocycles. The average molecular weight is 362 g/mol. The molecule has 3 rings (SSSR count). The second-order valence-corrected chi connectivity index (χ2v) is 6.52. The highest BCUT2D eigenvalue weighted by molar-refractivity contribution is 5.97. The number of nitrogens with zero attached hydrogens (tertiary/aromatic N) is 3. The Kier molecular flexibility index (Phi) is 4.48. The van der Waals surface area contributed by atoms with Crippen LogP contribution in [0.25, 0.3) is 0 Å². The summed E-state index contributed by atoms with van der Waals surface area (Å²) < 4.78 is 41.0. The maximum Gasteiger partial charge on any atom is 0.417 e. The number of carbonyl (C=O) groups is 1. The van der Waals surface area contributed by atoms with Crippen LogP contribution in [0.2, 0.25) is 0 Å². The molecule has 0 aliphatic heterocycles. The summed E-state index contributed by atoms with van der Waals surface area (Å²) in [6.45, 7) is 1.86. The zero-order valence-electron chi connectivity index (χ0n) is 14.1. The zero-order valence-corrected chi connectivity index (χ0v) is 14.1. The molecule has 8 heteroatoms. The SMILES string of the molecule is Cc1cnn(C2(C(=O)Nc3ccc(C#N)c(C(F)(F)F)c3)CCCC2)c1. The third-order valence-corrected chi connectivity index (χ3v) is 4.71. The number of aryl methyl sites for hydroxylation is 1. The van der Waals surface area contributed by atoms with Crippen molar-refractivity contribution >= 4 is 11.6 Å². The minimum atomic E-state index is -4.67. The predicted molar refractivity (Wildman–Crippen MR) is 88.2 cm³/mol. The lowest BCUT2D eigenvalue weighted by atomic mass is 9.96. The molecule has 1 saturated carbocycles. The van der Waals surface area contributed by atoms with E-state index in [0.717, 1.165) is 30.5 Å². The number of rotatable bonds is 3. The van der Waals surface area contributed by atoms with Crippen molar-refractivity contribution in [1.82, 2.24) is 9.78 Å². The van der Waals surface area contributed by atoms with Crippen LogP contribution < -0.4 is 5.32 Å². The van der Waals surface area contributed by atoms with Gasteiger partial charge in [-0.2, -0.15) is 23.5 Å². The van der Waals surface area contributed by atoms with Gasteiger partial charge in [-0.25, -0.2) is 0 Å². The molecule has 0 atom stereocenters. The van der Waals surface area contributed by atoms with Gasteiger partial charge in [0.25, 0.3) is 5.91 Å². The number of nitrogens with one attached hydrogen (secondary N) is 1. The lowest BCUT2D eigenvalue weighted by Crippen LogP contribution is -2.43. The first-order valence-corrected chi connectivity index (χ1v) is 8.21. The van der Waals surface area contributed by atoms with Crippen LogP contribution in [0.4, 0.5) is 18.9 Å². The Morgan fingerprint density at radius 3 is 2.58 bits per heavy atom. The van der Waals surface area contributed by atoms with Crippen molar-refractivity contribution in [3.8, 4) is 6.07 Å². The number of carbonyl (C=O) groups excluding carboxylic acids is 1. The summed E-state index contributed by atoms with van der Waals surface area (Å²) in [6.07, 6.45) is 1.57. The van der Waals surface area contributed by atoms with E-state index in [4.69, 9.17) is 5.26 Å². The van der Waals surface area contributed by atoms with Gasteiger partial charge in [0.2, 0.25) is 0 Å². The van der Waals surface area contributed by atoms with Crippen LogP contribution in [0.5, 0.6) is 0 Å². The van der Waals surface area contributed by atoms with Gasteiger partial charge in [-0.05, 0) is 43.5 Å². The van der Waals surface area contributed by atoms with Gasteiger partial charge in [-0.3, -0.25) is 9.48 Å². The maximum absolute atomic E-state index is 13.1. The molecule has 136 valence electrons. The number of hydrogen-bond acceptors (Lipinski definition) is 3. The molecule has 5 nitrogen and oxygen atoms in total. The van der Waals surface area contributed by atoms with Crippen molar-refractivity contribution < 1.29 is 18.0 Å². The maximum atomic E-state index is 13.1. The molecule has 0 saturated heterocycles. The Bertz CT molecular complexity index is 873. The second-order valence-electron chi connectivity index (χ2n) is 6.52. The zero-order chi connectivity index (χ0) is 18.9. The number of aromatic nitrogens is 2. The first-order valence-electron chi connectivity index (χ1n) is 8.21. The van der Waals surface area contributed by atoms with E-state index in [1.54, 1.807) is 17.1 Å². The molecular weight excluding hydrogens is 345 g/mol. The fraction of sp³-hybridized carbons (Fsp3) is 0.389. The summed E-state index contributed by atoms with van der Waals surface area (Å²) in [4.78, 5) is 12.9. The highest BCUT2D eigenvalue weighted by Gasteiger charge is 2.44. The van der Waals surface area contributed by atoms with E-state index >= 15 is 0 Å². The summed E-state index contributed by atoms with van der Waals surface area (Å²) in [5.41, 5.74) is -1.53. The highest BCUT2D eigenvalue weighted by atomic mass is 19.4. The molecule has 0 unspecified atom stereocenters. The molecule has 1 aromatic carbocycles. The van der Waals surface area contributed by atoms with E-state index < -0.39 is 28.7 Å². The summed E-state index contributed by atoms with van der Waals surface area (Å²) in [7, 11) is 0. The van der Waals surface area contributed by atoms with Crippen LogP contribution in [-0.2, 0) is 16.5 Å². The second kappa shape index (κ2) is 6.48. The number of anilines is 1. The molecule has 26 heavy (non-hydrogen) atoms. The van der Waals surface area contributed by atoms with Gasteiger partial charge in [0.05, 0.1) is 23.4 Å². The molecule has 1 aliphatic rings. The number of amides is 1. The number of nitriles is 1. The quantitative estimate of drug-likeness (QED) is 0.897. The van der Waals surface area contributed by atoms with Gasteiger partial charge in [-0.1, -0.05) is 12.8 Å². The van der Waals surface area contributed by atoms with Crippen molar-refractivity contribution in [2.24, 2.45) is 0 Å². The Balaban J connectivity index is 1.93. The highest BCUT2D eigenvalue weighted by Crippen LogP contribution is 2.38. The Hall–Kier alpha value is -2.82. The number of benzene rings is 1. The van der Waals surface area contributed by atoms with Crippen LogP contribution in [0.3, 0.4) is 0 Å². The van der Waals surface area contributed by atoms with Crippen molar-refractivity contribution in [1.29, 1.82) is 5.26 Å². The van der Waals surface area contributed by atoms with Gasteiger partial charge < -0.3 is 5.32 Å². The average Bonchev–Trinajstić information content (AvgIpc) is 3.23. The van der Waals surface area contributed by atoms with E-state index in [9.17, 15) is 18.0 Å². The Labute approximate surface area is 148 Å². The van der Waals surface area contributed by atoms with E-state index in [1.807, 2.05) is 6.92 Å². The molecule has 1 amide bonds. The molecule has 0 spiro atoms. The lowest BCUT2D eigenvalue weighted by molar-refractivity contribution is -0.137. The number of hydrogen-bond donors (Lipinski definition) is 1. The summed E-state index contributed by atoms with van der Waals surface area (Å²) in [5.74, 6) is -0.393. The predicted octanol–water partition coefficient (Wildman–Crippen LogP) is 3.99. The largest absolute Gasteiger partial charge is 0.417 e. The van der Waals surface area contributed by atoms with Crippen LogP contribution >= 0.6 is 0 Å². The smallest absolute Gasteiger partial charge is 0.324 e. The molecule has 1 N–H and O–H groups in total. The third-order valence-electron chi connectivity index (χ3n) is 4.71. The van der Waals surface area contributed by atoms with Crippen LogP contribution in [0.1, 0.15) is 42.4 Å². The van der Waals surface area contributed by atoms with Gasteiger partial charge >= 0.3 is 6.18 Å². The normalized spacial score (nSPS) is 16.3. The topological polar surface area (TPSA) is 70.7 Å². The van der Waals surface area contributed by atoms with Crippen molar-refractivity contribution in [2.45, 2.75) is 44.3 Å². The van der Waals surface area contributed by atoms with Gasteiger partial charge in [0, 0.05) is 11.9 Å². The van der Waals surface area contributed by atoms with Crippen molar-refractivity contribution in [3.05, 3.63) is 47.3 Å². The molecule has 1 fully saturated rings. The molecule has 1 aromatic heterocycles. The third kappa shape index (κ3) is 3.17. The molecule has 1 aliphatic carbocycles. The molecule has 0 bridgehead atoms. The van der Waals surface area contributed by atoms with Crippen LogP contribution in [0, 0.1) is 18.3 Å². The fourth-order valence-electron chi connectivity index (χ4n) is 3.37. The van der Waals surface area contributed by atoms with E-state index in [2.05, 4.69) is 10.4 Å². The summed E-state index contributed by atoms with van der Waals surface area (Å²) >= 11 is 0. The van der Waals surface area contributed by atoms with E-state index in [1.165, 1.54) is 12.1 Å². The first-order chi connectivity index (χ1) is 12.3. The van der Waals surface area contributed by atoms with Gasteiger partial charge in [-0.15, -0.1) is 0 Å². The van der Waals surface area contributed by atoms with Crippen LogP contribution in [-0.4, -0.2) is 15.7 Å². The molecule has 2 aromatic rings. The first kappa shape index (κ1) is 18.0. The minimum Gasteiger partial charge on any atom is -0.324 e. The lowest BCUT2D eigenvalue weighted by Gasteiger charge is -2.28. The fourth-order valence-corrected chi connectivity index (χ4v) is 3.37. The summed E-state index contributed by atoms with van der Waals surface area (Å²) in [6, 6.07) is 4.70. The molecule has 0 radical (unpaired) electrons. The van der Waals surface area contributed by atoms with Crippen molar-refractivity contribution in [2.75, 3.05) is 5.32 Å². The van der Waals surface area contributed by atoms with E-state index in [-0.39, 0.29) is 5.69 Å². The monoisotopic (exact) mass is 362 g/mol. The van der Waals surface area contributed by atoms with E-state index in [0.29, 0.717) is 12.8 Å². The van der Waals surface area contributed by atoms with Gasteiger partial charge in [0.1, 0.15) is 5.54 Å². The number of alkyl halides is 3. The minimum absolute atomic E-state index is 0.0106. The summed E-state index contributed by atoms with van der Waals surface area (Å²) in [5, 5.41) is 15.7. The number of halogens is 3. The standard InChI is InChI=1S/C18H17F3N4O/c1-12-10-23-25(11-12)17(6-2-3-7-17)16(26)24-14-5-4-13(9-22)15(8-14)18(19,20)21/h4-5,8,10-11H,2-3,6-7H2,1H3,(H,24,26). The van der Waals surface area contributed by atoms with Gasteiger partial charge in [0.15, 0.2) is 0 Å². The van der Waals surface area contributed by atoms with Crippen LogP contribution in [0.15, 0.2) is 30.6 Å². The Morgan fingerprint density at radius 1 is 1.35 bits per heavy atom.